The van der Waals surface area contributed by atoms with Gasteiger partial charge >= 0.3 is 0 Å². The Hall–Kier alpha value is -0.930. The van der Waals surface area contributed by atoms with Crippen molar-refractivity contribution in [2.45, 2.75) is 31.8 Å². The molecule has 1 aromatic carbocycles. The summed E-state index contributed by atoms with van der Waals surface area (Å²) in [6, 6.07) is 4.73. The van der Waals surface area contributed by atoms with E-state index in [-0.39, 0.29) is 0 Å². The summed E-state index contributed by atoms with van der Waals surface area (Å²) >= 11 is 6.26. The number of benzene rings is 1. The molecule has 1 aromatic rings. The fourth-order valence-corrected chi connectivity index (χ4v) is 5.22. The molecule has 3 aliphatic rings. The average molecular weight is 308 g/mol. The third-order valence-electron chi connectivity index (χ3n) is 5.77. The van der Waals surface area contributed by atoms with Crippen LogP contribution in [0.15, 0.2) is 12.1 Å². The van der Waals surface area contributed by atoms with Crippen LogP contribution in [0.25, 0.3) is 0 Å². The largest absolute Gasteiger partial charge is 0.493 e. The molecule has 0 amide bonds. The first-order chi connectivity index (χ1) is 10.2. The maximum Gasteiger partial charge on any atom is 0.179 e. The van der Waals surface area contributed by atoms with Gasteiger partial charge in [-0.25, -0.2) is 0 Å². The van der Waals surface area contributed by atoms with Gasteiger partial charge in [0, 0.05) is 12.6 Å². The summed E-state index contributed by atoms with van der Waals surface area (Å²) in [5, 5.41) is 4.35. The van der Waals surface area contributed by atoms with E-state index in [0.717, 1.165) is 41.8 Å². The fraction of sp³-hybridized carbons (Fsp3) is 0.647. The highest BCUT2D eigenvalue weighted by Gasteiger charge is 2.64. The van der Waals surface area contributed by atoms with Crippen LogP contribution in [-0.2, 0) is 6.54 Å². The van der Waals surface area contributed by atoms with Crippen LogP contribution >= 0.6 is 11.6 Å². The summed E-state index contributed by atoms with van der Waals surface area (Å²) in [4.78, 5) is 0. The maximum atomic E-state index is 6.26. The lowest BCUT2D eigenvalue weighted by molar-refractivity contribution is 0.354. The van der Waals surface area contributed by atoms with E-state index in [1.807, 2.05) is 12.1 Å². The van der Waals surface area contributed by atoms with Gasteiger partial charge in [-0.05, 0) is 60.6 Å². The molecule has 21 heavy (non-hydrogen) atoms. The quantitative estimate of drug-likeness (QED) is 0.903. The van der Waals surface area contributed by atoms with Gasteiger partial charge in [0.15, 0.2) is 11.5 Å². The van der Waals surface area contributed by atoms with Gasteiger partial charge in [-0.1, -0.05) is 11.6 Å². The second kappa shape index (κ2) is 5.06. The molecule has 1 N–H and O–H groups in total. The molecule has 4 heteroatoms. The van der Waals surface area contributed by atoms with E-state index >= 15 is 0 Å². The summed E-state index contributed by atoms with van der Waals surface area (Å²) in [6.45, 7) is 0.858. The lowest BCUT2D eigenvalue weighted by atomic mass is 10.0. The predicted molar refractivity (Wildman–Crippen MR) is 83.0 cm³/mol. The second-order valence-corrected chi connectivity index (χ2v) is 7.11. The van der Waals surface area contributed by atoms with Crippen molar-refractivity contribution in [3.05, 3.63) is 22.7 Å². The number of fused-ring (bicyclic) bond motifs is 5. The molecule has 4 rings (SSSR count). The monoisotopic (exact) mass is 307 g/mol. The van der Waals surface area contributed by atoms with Gasteiger partial charge in [0.25, 0.3) is 0 Å². The van der Waals surface area contributed by atoms with Crippen molar-refractivity contribution in [2.75, 3.05) is 14.2 Å². The van der Waals surface area contributed by atoms with E-state index in [4.69, 9.17) is 21.1 Å². The highest BCUT2D eigenvalue weighted by Crippen LogP contribution is 2.65. The molecule has 0 aliphatic heterocycles. The molecule has 4 atom stereocenters. The molecule has 114 valence electrons. The van der Waals surface area contributed by atoms with Crippen molar-refractivity contribution in [2.24, 2.45) is 23.7 Å². The second-order valence-electron chi connectivity index (χ2n) is 6.71. The summed E-state index contributed by atoms with van der Waals surface area (Å²) < 4.78 is 10.6. The lowest BCUT2D eigenvalue weighted by Gasteiger charge is -2.14. The summed E-state index contributed by atoms with van der Waals surface area (Å²) in [5.74, 6) is 5.25. The maximum absolute atomic E-state index is 6.26. The molecule has 0 radical (unpaired) electrons. The Bertz CT molecular complexity index is 546. The van der Waals surface area contributed by atoms with Crippen molar-refractivity contribution < 1.29 is 9.47 Å². The SMILES string of the molecule is COc1cc(CNC2C3C4CCC(C4)C23)cc(Cl)c1OC. The van der Waals surface area contributed by atoms with Crippen LogP contribution < -0.4 is 14.8 Å². The van der Waals surface area contributed by atoms with Crippen molar-refractivity contribution in [3.63, 3.8) is 0 Å². The summed E-state index contributed by atoms with van der Waals surface area (Å²) in [7, 11) is 3.26. The smallest absolute Gasteiger partial charge is 0.179 e. The molecule has 0 heterocycles. The Balaban J connectivity index is 1.43. The topological polar surface area (TPSA) is 30.5 Å². The van der Waals surface area contributed by atoms with E-state index in [1.54, 1.807) is 14.2 Å². The minimum atomic E-state index is 0.615. The fourth-order valence-electron chi connectivity index (χ4n) is 4.91. The molecule has 3 saturated carbocycles. The molecule has 3 fully saturated rings. The Kier molecular flexibility index (Phi) is 3.31. The Morgan fingerprint density at radius 1 is 1.14 bits per heavy atom. The zero-order valence-electron chi connectivity index (χ0n) is 12.6. The first-order valence-corrected chi connectivity index (χ1v) is 8.24. The number of methoxy groups -OCH3 is 2. The number of nitrogens with one attached hydrogen (secondary N) is 1. The third kappa shape index (κ3) is 2.13. The van der Waals surface area contributed by atoms with Crippen LogP contribution in [0.2, 0.25) is 5.02 Å². The normalized spacial score (nSPS) is 35.7. The lowest BCUT2D eigenvalue weighted by Crippen LogP contribution is -2.22. The number of hydrogen-bond donors (Lipinski definition) is 1. The number of halogens is 1. The molecule has 0 aromatic heterocycles. The van der Waals surface area contributed by atoms with Gasteiger partial charge in [0.2, 0.25) is 0 Å². The highest BCUT2D eigenvalue weighted by atomic mass is 35.5. The van der Waals surface area contributed by atoms with Gasteiger partial charge in [-0.15, -0.1) is 0 Å². The first-order valence-electron chi connectivity index (χ1n) is 7.86. The Labute approximate surface area is 131 Å². The van der Waals surface area contributed by atoms with Gasteiger partial charge in [-0.2, -0.15) is 0 Å². The molecule has 2 bridgehead atoms. The molecule has 3 nitrogen and oxygen atoms in total. The van der Waals surface area contributed by atoms with E-state index in [9.17, 15) is 0 Å². The van der Waals surface area contributed by atoms with Crippen molar-refractivity contribution >= 4 is 11.6 Å². The van der Waals surface area contributed by atoms with Crippen molar-refractivity contribution in [3.8, 4) is 11.5 Å². The average Bonchev–Trinajstić information content (AvgIpc) is 2.87. The van der Waals surface area contributed by atoms with Crippen LogP contribution in [-0.4, -0.2) is 20.3 Å². The zero-order chi connectivity index (χ0) is 14.6. The van der Waals surface area contributed by atoms with Crippen LogP contribution in [0.3, 0.4) is 0 Å². The van der Waals surface area contributed by atoms with Gasteiger partial charge in [0.05, 0.1) is 19.2 Å². The third-order valence-corrected chi connectivity index (χ3v) is 6.05. The molecular formula is C17H22ClNO2. The number of ether oxygens (including phenoxy) is 2. The van der Waals surface area contributed by atoms with Crippen molar-refractivity contribution in [1.29, 1.82) is 0 Å². The van der Waals surface area contributed by atoms with E-state index in [1.165, 1.54) is 19.3 Å². The summed E-state index contributed by atoms with van der Waals surface area (Å²) in [5.41, 5.74) is 1.16. The van der Waals surface area contributed by atoms with Crippen molar-refractivity contribution in [1.82, 2.24) is 5.32 Å². The molecule has 4 unspecified atom stereocenters. The highest BCUT2D eigenvalue weighted by molar-refractivity contribution is 6.32. The van der Waals surface area contributed by atoms with Gasteiger partial charge in [-0.3, -0.25) is 0 Å². The number of rotatable bonds is 5. The molecule has 0 saturated heterocycles. The standard InChI is InChI=1S/C17H22ClNO2/c1-20-13-6-9(5-12(18)17(13)21-2)8-19-16-14-10-3-4-11(7-10)15(14)16/h5-6,10-11,14-16,19H,3-4,7-8H2,1-2H3. The van der Waals surface area contributed by atoms with Crippen LogP contribution in [0, 0.1) is 23.7 Å². The predicted octanol–water partition coefficient (Wildman–Crippen LogP) is 3.49. The minimum absolute atomic E-state index is 0.615. The van der Waals surface area contributed by atoms with E-state index < -0.39 is 0 Å². The molecule has 0 spiro atoms. The Morgan fingerprint density at radius 3 is 2.48 bits per heavy atom. The zero-order valence-corrected chi connectivity index (χ0v) is 13.3. The van der Waals surface area contributed by atoms with Crippen LogP contribution in [0.1, 0.15) is 24.8 Å². The van der Waals surface area contributed by atoms with Gasteiger partial charge in [0.1, 0.15) is 0 Å². The van der Waals surface area contributed by atoms with Crippen LogP contribution in [0.4, 0.5) is 0 Å². The summed E-state index contributed by atoms with van der Waals surface area (Å²) in [6.07, 6.45) is 4.42. The molecular weight excluding hydrogens is 286 g/mol. The Morgan fingerprint density at radius 2 is 1.86 bits per heavy atom. The van der Waals surface area contributed by atoms with E-state index in [2.05, 4.69) is 5.32 Å². The number of hydrogen-bond acceptors (Lipinski definition) is 3. The van der Waals surface area contributed by atoms with E-state index in [0.29, 0.717) is 16.5 Å². The van der Waals surface area contributed by atoms with Gasteiger partial charge < -0.3 is 14.8 Å². The molecule has 3 aliphatic carbocycles. The van der Waals surface area contributed by atoms with Crippen LogP contribution in [0.5, 0.6) is 11.5 Å². The first kappa shape index (κ1) is 13.7. The minimum Gasteiger partial charge on any atom is -0.493 e.